The van der Waals surface area contributed by atoms with E-state index in [2.05, 4.69) is 17.2 Å². The second-order valence-corrected chi connectivity index (χ2v) is 4.79. The van der Waals surface area contributed by atoms with Crippen molar-refractivity contribution >= 4 is 11.7 Å². The van der Waals surface area contributed by atoms with Crippen LogP contribution >= 0.6 is 0 Å². The Hall–Kier alpha value is -1.78. The van der Waals surface area contributed by atoms with Gasteiger partial charge in [-0.05, 0) is 39.3 Å². The summed E-state index contributed by atoms with van der Waals surface area (Å²) in [6, 6.07) is 3.68. The van der Waals surface area contributed by atoms with Crippen LogP contribution in [0.4, 0.5) is 5.82 Å². The molecule has 0 fully saturated rings. The normalized spacial score (nSPS) is 13.7. The van der Waals surface area contributed by atoms with Gasteiger partial charge in [0.05, 0.1) is 0 Å². The first-order chi connectivity index (χ1) is 8.93. The minimum Gasteiger partial charge on any atom is -0.477 e. The first-order valence-electron chi connectivity index (χ1n) is 6.64. The van der Waals surface area contributed by atoms with Crippen molar-refractivity contribution in [3.63, 3.8) is 0 Å². The molecule has 5 nitrogen and oxygen atoms in total. The summed E-state index contributed by atoms with van der Waals surface area (Å²) < 4.78 is 5.54. The molecule has 19 heavy (non-hydrogen) atoms. The highest BCUT2D eigenvalue weighted by atomic mass is 16.5. The monoisotopic (exact) mass is 265 g/mol. The lowest BCUT2D eigenvalue weighted by Gasteiger charge is -2.18. The van der Waals surface area contributed by atoms with Gasteiger partial charge in [-0.25, -0.2) is 4.98 Å². The zero-order chi connectivity index (χ0) is 14.4. The molecule has 0 aliphatic heterocycles. The standard InChI is InChI=1S/C14H23N3O2/c1-5-6-9(2)17-14(18)11(4)19-12-8-7-10(3)16-13(12)15/h7-9,11H,5-6H2,1-4H3,(H2,15,16)(H,17,18). The molecule has 0 radical (unpaired) electrons. The highest BCUT2D eigenvalue weighted by Crippen LogP contribution is 2.20. The summed E-state index contributed by atoms with van der Waals surface area (Å²) in [6.07, 6.45) is 1.39. The van der Waals surface area contributed by atoms with Crippen molar-refractivity contribution in [2.75, 3.05) is 5.73 Å². The van der Waals surface area contributed by atoms with E-state index in [9.17, 15) is 4.79 Å². The third-order valence-corrected chi connectivity index (χ3v) is 2.81. The second kappa shape index (κ2) is 6.97. The fraction of sp³-hybridized carbons (Fsp3) is 0.571. The zero-order valence-corrected chi connectivity index (χ0v) is 12.1. The van der Waals surface area contributed by atoms with Gasteiger partial charge in [0, 0.05) is 11.7 Å². The van der Waals surface area contributed by atoms with Crippen LogP contribution in [0.15, 0.2) is 12.1 Å². The first kappa shape index (κ1) is 15.3. The lowest BCUT2D eigenvalue weighted by molar-refractivity contribution is -0.127. The van der Waals surface area contributed by atoms with Crippen LogP contribution in [0.2, 0.25) is 0 Å². The van der Waals surface area contributed by atoms with Crippen LogP contribution in [0.1, 0.15) is 39.3 Å². The highest BCUT2D eigenvalue weighted by molar-refractivity contribution is 5.81. The molecule has 0 saturated carbocycles. The molecule has 1 rings (SSSR count). The summed E-state index contributed by atoms with van der Waals surface area (Å²) in [7, 11) is 0. The highest BCUT2D eigenvalue weighted by Gasteiger charge is 2.17. The molecule has 106 valence electrons. The topological polar surface area (TPSA) is 77.2 Å². The van der Waals surface area contributed by atoms with Crippen LogP contribution in [0.3, 0.4) is 0 Å². The number of carbonyl (C=O) groups excluding carboxylic acids is 1. The summed E-state index contributed by atoms with van der Waals surface area (Å²) >= 11 is 0. The fourth-order valence-corrected chi connectivity index (χ4v) is 1.77. The van der Waals surface area contributed by atoms with E-state index in [-0.39, 0.29) is 11.9 Å². The number of carbonyl (C=O) groups is 1. The number of amides is 1. The van der Waals surface area contributed by atoms with Crippen LogP contribution in [0.5, 0.6) is 5.75 Å². The number of hydrogen-bond donors (Lipinski definition) is 2. The molecule has 1 heterocycles. The molecule has 0 aliphatic carbocycles. The Labute approximate surface area is 114 Å². The number of anilines is 1. The lowest BCUT2D eigenvalue weighted by atomic mass is 10.2. The average Bonchev–Trinajstić information content (AvgIpc) is 2.32. The Morgan fingerprint density at radius 2 is 2.16 bits per heavy atom. The number of ether oxygens (including phenoxy) is 1. The molecule has 3 N–H and O–H groups in total. The molecular formula is C14H23N3O2. The number of rotatable bonds is 6. The zero-order valence-electron chi connectivity index (χ0n) is 12.1. The van der Waals surface area contributed by atoms with E-state index in [4.69, 9.17) is 10.5 Å². The third kappa shape index (κ3) is 4.77. The summed E-state index contributed by atoms with van der Waals surface area (Å²) in [6.45, 7) is 7.62. The van der Waals surface area contributed by atoms with Crippen LogP contribution in [0, 0.1) is 6.92 Å². The molecular weight excluding hydrogens is 242 g/mol. The van der Waals surface area contributed by atoms with Crippen molar-refractivity contribution in [1.29, 1.82) is 0 Å². The SMILES string of the molecule is CCCC(C)NC(=O)C(C)Oc1ccc(C)nc1N. The van der Waals surface area contributed by atoms with Gasteiger partial charge >= 0.3 is 0 Å². The van der Waals surface area contributed by atoms with Gasteiger partial charge in [0.15, 0.2) is 17.7 Å². The van der Waals surface area contributed by atoms with Crippen molar-refractivity contribution in [2.24, 2.45) is 0 Å². The van der Waals surface area contributed by atoms with E-state index >= 15 is 0 Å². The first-order valence-corrected chi connectivity index (χ1v) is 6.64. The maximum atomic E-state index is 11.9. The molecule has 0 aliphatic rings. The Morgan fingerprint density at radius 1 is 1.47 bits per heavy atom. The van der Waals surface area contributed by atoms with Crippen molar-refractivity contribution in [2.45, 2.75) is 52.7 Å². The molecule has 1 aromatic rings. The predicted octanol–water partition coefficient (Wildman–Crippen LogP) is 2.04. The van der Waals surface area contributed by atoms with E-state index in [1.165, 1.54) is 0 Å². The Balaban J connectivity index is 2.58. The number of aromatic nitrogens is 1. The number of aryl methyl sites for hydroxylation is 1. The number of nitrogen functional groups attached to an aromatic ring is 1. The van der Waals surface area contributed by atoms with Crippen molar-refractivity contribution in [1.82, 2.24) is 10.3 Å². The Morgan fingerprint density at radius 3 is 2.74 bits per heavy atom. The van der Waals surface area contributed by atoms with Crippen LogP contribution < -0.4 is 15.8 Å². The second-order valence-electron chi connectivity index (χ2n) is 4.79. The van der Waals surface area contributed by atoms with Crippen molar-refractivity contribution in [3.05, 3.63) is 17.8 Å². The molecule has 0 saturated heterocycles. The Kier molecular flexibility index (Phi) is 5.60. The number of pyridine rings is 1. The van der Waals surface area contributed by atoms with Gasteiger partial charge in [-0.1, -0.05) is 13.3 Å². The number of nitrogens with two attached hydrogens (primary N) is 1. The minimum atomic E-state index is -0.592. The van der Waals surface area contributed by atoms with Gasteiger partial charge < -0.3 is 15.8 Å². The van der Waals surface area contributed by atoms with E-state index in [0.29, 0.717) is 11.6 Å². The summed E-state index contributed by atoms with van der Waals surface area (Å²) in [5, 5.41) is 2.91. The van der Waals surface area contributed by atoms with Gasteiger partial charge in [-0.3, -0.25) is 4.79 Å². The van der Waals surface area contributed by atoms with Gasteiger partial charge in [0.25, 0.3) is 5.91 Å². The number of nitrogens with one attached hydrogen (secondary N) is 1. The Bertz CT molecular complexity index is 435. The van der Waals surface area contributed by atoms with Gasteiger partial charge in [-0.15, -0.1) is 0 Å². The molecule has 2 atom stereocenters. The van der Waals surface area contributed by atoms with Crippen molar-refractivity contribution < 1.29 is 9.53 Å². The average molecular weight is 265 g/mol. The van der Waals surface area contributed by atoms with E-state index < -0.39 is 6.10 Å². The van der Waals surface area contributed by atoms with Crippen LogP contribution in [0.25, 0.3) is 0 Å². The number of hydrogen-bond acceptors (Lipinski definition) is 4. The van der Waals surface area contributed by atoms with E-state index in [1.807, 2.05) is 13.8 Å². The third-order valence-electron chi connectivity index (χ3n) is 2.81. The molecule has 2 unspecified atom stereocenters. The quantitative estimate of drug-likeness (QED) is 0.825. The van der Waals surface area contributed by atoms with Gasteiger partial charge in [0.1, 0.15) is 0 Å². The summed E-state index contributed by atoms with van der Waals surface area (Å²) in [4.78, 5) is 16.0. The summed E-state index contributed by atoms with van der Waals surface area (Å²) in [5.74, 6) is 0.610. The maximum absolute atomic E-state index is 11.9. The molecule has 0 bridgehead atoms. The maximum Gasteiger partial charge on any atom is 0.260 e. The van der Waals surface area contributed by atoms with Gasteiger partial charge in [0.2, 0.25) is 0 Å². The largest absolute Gasteiger partial charge is 0.477 e. The fourth-order valence-electron chi connectivity index (χ4n) is 1.77. The summed E-state index contributed by atoms with van der Waals surface area (Å²) in [5.41, 5.74) is 6.57. The molecule has 0 aromatic carbocycles. The molecule has 5 heteroatoms. The lowest BCUT2D eigenvalue weighted by Crippen LogP contribution is -2.41. The van der Waals surface area contributed by atoms with Crippen molar-refractivity contribution in [3.8, 4) is 5.75 Å². The van der Waals surface area contributed by atoms with Gasteiger partial charge in [-0.2, -0.15) is 0 Å². The van der Waals surface area contributed by atoms with Crippen LogP contribution in [-0.2, 0) is 4.79 Å². The smallest absolute Gasteiger partial charge is 0.260 e. The predicted molar refractivity (Wildman–Crippen MR) is 76.0 cm³/mol. The molecule has 1 aromatic heterocycles. The minimum absolute atomic E-state index is 0.138. The van der Waals surface area contributed by atoms with Crippen LogP contribution in [-0.4, -0.2) is 23.0 Å². The molecule has 0 spiro atoms. The van der Waals surface area contributed by atoms with E-state index in [0.717, 1.165) is 18.5 Å². The van der Waals surface area contributed by atoms with E-state index in [1.54, 1.807) is 19.1 Å². The number of nitrogens with zero attached hydrogens (tertiary/aromatic N) is 1. The molecule has 1 amide bonds.